The van der Waals surface area contributed by atoms with Gasteiger partial charge < -0.3 is 20.7 Å². The third kappa shape index (κ3) is 3.87. The lowest BCUT2D eigenvalue weighted by Gasteiger charge is -2.43. The fraction of sp³-hybridized carbons (Fsp3) is 0.290. The molecule has 4 nitrogen and oxygen atoms in total. The standard InChI is InChI=1S/C31H33N3O/c1-18-15-26(25-12-8-11-23-19(2)17-33-29(23)25)24(14-13-21-9-7-10-22(16-21)32-6)27-20(3)30(35)31(4,5)34-28(18)27/h7-12,15-17,20,30,32-35H,1-6H3. The van der Waals surface area contributed by atoms with Crippen molar-refractivity contribution in [2.45, 2.75) is 52.2 Å². The maximum atomic E-state index is 11.2. The molecule has 4 N–H and O–H groups in total. The molecule has 0 radical (unpaired) electrons. The SMILES string of the molecule is CNc1cccc(C#Cc2c(-c3cccc4c(C)c[nH]c34)cc(C)c3c2C(C)C(O)C(C)(C)N3)c1. The van der Waals surface area contributed by atoms with Crippen LogP contribution in [0.25, 0.3) is 22.0 Å². The van der Waals surface area contributed by atoms with Crippen molar-refractivity contribution in [3.05, 3.63) is 82.5 Å². The molecule has 1 aromatic heterocycles. The number of anilines is 2. The topological polar surface area (TPSA) is 60.1 Å². The van der Waals surface area contributed by atoms with Crippen molar-refractivity contribution in [2.24, 2.45) is 0 Å². The van der Waals surface area contributed by atoms with E-state index in [1.54, 1.807) is 0 Å². The molecule has 0 saturated heterocycles. The van der Waals surface area contributed by atoms with E-state index in [0.717, 1.165) is 50.3 Å². The molecule has 1 aliphatic rings. The van der Waals surface area contributed by atoms with E-state index in [-0.39, 0.29) is 5.92 Å². The molecule has 4 heteroatoms. The Morgan fingerprint density at radius 3 is 2.51 bits per heavy atom. The lowest BCUT2D eigenvalue weighted by Crippen LogP contribution is -2.50. The van der Waals surface area contributed by atoms with Crippen LogP contribution in [0.4, 0.5) is 11.4 Å². The van der Waals surface area contributed by atoms with Gasteiger partial charge >= 0.3 is 0 Å². The fourth-order valence-electron chi connectivity index (χ4n) is 5.40. The maximum absolute atomic E-state index is 11.2. The Morgan fingerprint density at radius 2 is 1.74 bits per heavy atom. The zero-order chi connectivity index (χ0) is 24.9. The second kappa shape index (κ2) is 8.52. The molecule has 3 aromatic carbocycles. The van der Waals surface area contributed by atoms with E-state index < -0.39 is 11.6 Å². The highest BCUT2D eigenvalue weighted by molar-refractivity contribution is 5.98. The normalized spacial score (nSPS) is 18.4. The van der Waals surface area contributed by atoms with Crippen LogP contribution >= 0.6 is 0 Å². The molecule has 0 spiro atoms. The minimum absolute atomic E-state index is 0.0718. The fourth-order valence-corrected chi connectivity index (χ4v) is 5.40. The van der Waals surface area contributed by atoms with Crippen molar-refractivity contribution in [1.82, 2.24) is 4.98 Å². The summed E-state index contributed by atoms with van der Waals surface area (Å²) in [7, 11) is 1.91. The van der Waals surface area contributed by atoms with Crippen molar-refractivity contribution >= 4 is 22.3 Å². The summed E-state index contributed by atoms with van der Waals surface area (Å²) in [6.07, 6.45) is 1.52. The summed E-state index contributed by atoms with van der Waals surface area (Å²) in [5.74, 6) is 6.89. The third-order valence-corrected chi connectivity index (χ3v) is 7.37. The highest BCUT2D eigenvalue weighted by Gasteiger charge is 2.40. The number of aliphatic hydroxyl groups excluding tert-OH is 1. The predicted molar refractivity (Wildman–Crippen MR) is 147 cm³/mol. The number of fused-ring (bicyclic) bond motifs is 2. The monoisotopic (exact) mass is 463 g/mol. The van der Waals surface area contributed by atoms with Gasteiger partial charge in [-0.1, -0.05) is 43.0 Å². The van der Waals surface area contributed by atoms with Gasteiger partial charge in [0.2, 0.25) is 0 Å². The number of hydrogen-bond acceptors (Lipinski definition) is 3. The molecule has 2 unspecified atom stereocenters. The van der Waals surface area contributed by atoms with Crippen LogP contribution < -0.4 is 10.6 Å². The van der Waals surface area contributed by atoms with Gasteiger partial charge in [-0.25, -0.2) is 0 Å². The first-order chi connectivity index (χ1) is 16.7. The van der Waals surface area contributed by atoms with Gasteiger partial charge in [-0.2, -0.15) is 0 Å². The van der Waals surface area contributed by atoms with Gasteiger partial charge in [-0.15, -0.1) is 0 Å². The summed E-state index contributed by atoms with van der Waals surface area (Å²) in [4.78, 5) is 3.48. The molecule has 2 heterocycles. The first kappa shape index (κ1) is 23.1. The van der Waals surface area contributed by atoms with Crippen LogP contribution in [-0.2, 0) is 0 Å². The minimum atomic E-state index is -0.540. The van der Waals surface area contributed by atoms with Crippen LogP contribution in [0.3, 0.4) is 0 Å². The van der Waals surface area contributed by atoms with Gasteiger partial charge in [0.1, 0.15) is 0 Å². The minimum Gasteiger partial charge on any atom is -0.390 e. The number of nitrogens with one attached hydrogen (secondary N) is 3. The number of para-hydroxylation sites is 1. The second-order valence-electron chi connectivity index (χ2n) is 10.3. The highest BCUT2D eigenvalue weighted by atomic mass is 16.3. The van der Waals surface area contributed by atoms with Crippen molar-refractivity contribution in [2.75, 3.05) is 17.7 Å². The Morgan fingerprint density at radius 1 is 0.971 bits per heavy atom. The van der Waals surface area contributed by atoms with Gasteiger partial charge in [0.15, 0.2) is 0 Å². The van der Waals surface area contributed by atoms with E-state index in [1.165, 1.54) is 10.9 Å². The van der Waals surface area contributed by atoms with Crippen LogP contribution in [-0.4, -0.2) is 28.8 Å². The Balaban J connectivity index is 1.81. The number of hydrogen-bond donors (Lipinski definition) is 4. The number of rotatable bonds is 2. The van der Waals surface area contributed by atoms with Crippen LogP contribution in [0.2, 0.25) is 0 Å². The van der Waals surface area contributed by atoms with Gasteiger partial charge in [0.05, 0.1) is 17.2 Å². The Bertz CT molecular complexity index is 1500. The maximum Gasteiger partial charge on any atom is 0.0831 e. The summed E-state index contributed by atoms with van der Waals surface area (Å²) in [6, 6.07) is 16.8. The van der Waals surface area contributed by atoms with Crippen LogP contribution in [0.15, 0.2) is 54.7 Å². The molecule has 0 aliphatic carbocycles. The summed E-state index contributed by atoms with van der Waals surface area (Å²) < 4.78 is 0. The van der Waals surface area contributed by atoms with Crippen LogP contribution in [0.1, 0.15) is 54.5 Å². The number of aryl methyl sites for hydroxylation is 2. The largest absolute Gasteiger partial charge is 0.390 e. The van der Waals surface area contributed by atoms with Crippen LogP contribution in [0, 0.1) is 25.7 Å². The summed E-state index contributed by atoms with van der Waals surface area (Å²) in [5, 5.41) is 19.3. The van der Waals surface area contributed by atoms with Crippen LogP contribution in [0.5, 0.6) is 0 Å². The first-order valence-corrected chi connectivity index (χ1v) is 12.2. The molecule has 0 amide bonds. The summed E-state index contributed by atoms with van der Waals surface area (Å²) in [6.45, 7) is 10.5. The van der Waals surface area contributed by atoms with Gasteiger partial charge in [0, 0.05) is 58.2 Å². The number of aromatic nitrogens is 1. The number of aliphatic hydroxyl groups is 1. The van der Waals surface area contributed by atoms with Crippen molar-refractivity contribution < 1.29 is 5.11 Å². The average Bonchev–Trinajstić information content (AvgIpc) is 3.23. The number of H-pyrrole nitrogens is 1. The lowest BCUT2D eigenvalue weighted by atomic mass is 9.75. The molecule has 1 aliphatic heterocycles. The number of benzene rings is 3. The Kier molecular flexibility index (Phi) is 5.62. The zero-order valence-electron chi connectivity index (χ0n) is 21.3. The second-order valence-corrected chi connectivity index (χ2v) is 10.3. The summed E-state index contributed by atoms with van der Waals surface area (Å²) in [5.41, 5.74) is 10.4. The molecule has 0 fully saturated rings. The van der Waals surface area contributed by atoms with E-state index in [4.69, 9.17) is 0 Å². The third-order valence-electron chi connectivity index (χ3n) is 7.37. The predicted octanol–water partition coefficient (Wildman–Crippen LogP) is 6.56. The highest BCUT2D eigenvalue weighted by Crippen LogP contribution is 2.46. The van der Waals surface area contributed by atoms with Gasteiger partial charge in [0.25, 0.3) is 0 Å². The van der Waals surface area contributed by atoms with Gasteiger partial charge in [-0.05, 0) is 68.7 Å². The van der Waals surface area contributed by atoms with E-state index in [9.17, 15) is 5.11 Å². The Hall–Kier alpha value is -3.68. The molecule has 0 saturated carbocycles. The molecule has 2 atom stereocenters. The van der Waals surface area contributed by atoms with Crippen molar-refractivity contribution in [3.63, 3.8) is 0 Å². The molecule has 35 heavy (non-hydrogen) atoms. The smallest absolute Gasteiger partial charge is 0.0831 e. The van der Waals surface area contributed by atoms with E-state index in [2.05, 4.69) is 98.6 Å². The first-order valence-electron chi connectivity index (χ1n) is 12.2. The average molecular weight is 464 g/mol. The van der Waals surface area contributed by atoms with Gasteiger partial charge in [-0.3, -0.25) is 0 Å². The van der Waals surface area contributed by atoms with E-state index >= 15 is 0 Å². The van der Waals surface area contributed by atoms with E-state index in [1.807, 2.05) is 25.2 Å². The molecule has 0 bridgehead atoms. The van der Waals surface area contributed by atoms with Crippen molar-refractivity contribution in [3.8, 4) is 23.0 Å². The molecule has 5 rings (SSSR count). The molecular weight excluding hydrogens is 430 g/mol. The van der Waals surface area contributed by atoms with Crippen molar-refractivity contribution in [1.29, 1.82) is 0 Å². The van der Waals surface area contributed by atoms with E-state index in [0.29, 0.717) is 0 Å². The Labute approximate surface area is 207 Å². The molecule has 178 valence electrons. The number of aromatic amines is 1. The molecular formula is C31H33N3O. The summed E-state index contributed by atoms with van der Waals surface area (Å²) >= 11 is 0. The lowest BCUT2D eigenvalue weighted by molar-refractivity contribution is 0.0868. The quantitative estimate of drug-likeness (QED) is 0.255. The molecule has 4 aromatic rings. The zero-order valence-corrected chi connectivity index (χ0v) is 21.3.